The standard InChI is InChI=1S/C20H26N4O3/c1-5-17(25)24-11-14(7-6-13(24)4)23-18-15-8-9-21-19(15)22-10-16(18)20(26)27-12(2)3/h5,8-10,12-14H,1,6-7,11H2,2-4H3,(H2,21,22,23)/t13-,14+/m0/s1. The third-order valence-electron chi connectivity index (χ3n) is 4.84. The fourth-order valence-corrected chi connectivity index (χ4v) is 3.45. The second kappa shape index (κ2) is 7.82. The first-order chi connectivity index (χ1) is 12.9. The summed E-state index contributed by atoms with van der Waals surface area (Å²) in [6.45, 7) is 9.82. The van der Waals surface area contributed by atoms with Crippen molar-refractivity contribution >= 4 is 28.6 Å². The number of esters is 1. The number of piperidine rings is 1. The lowest BCUT2D eigenvalue weighted by molar-refractivity contribution is -0.129. The lowest BCUT2D eigenvalue weighted by Crippen LogP contribution is -2.49. The number of H-pyrrole nitrogens is 1. The zero-order valence-corrected chi connectivity index (χ0v) is 16.0. The van der Waals surface area contributed by atoms with Crippen molar-refractivity contribution in [3.05, 3.63) is 36.7 Å². The molecule has 2 N–H and O–H groups in total. The molecule has 0 spiro atoms. The molecule has 1 aliphatic heterocycles. The molecule has 2 aromatic heterocycles. The molecule has 144 valence electrons. The van der Waals surface area contributed by atoms with Crippen molar-refractivity contribution in [3.63, 3.8) is 0 Å². The number of nitrogens with one attached hydrogen (secondary N) is 2. The van der Waals surface area contributed by atoms with Gasteiger partial charge in [-0.15, -0.1) is 0 Å². The molecule has 7 nitrogen and oxygen atoms in total. The van der Waals surface area contributed by atoms with Crippen LogP contribution in [0.5, 0.6) is 0 Å². The van der Waals surface area contributed by atoms with Crippen molar-refractivity contribution in [2.24, 2.45) is 0 Å². The number of aromatic amines is 1. The number of carbonyl (C=O) groups excluding carboxylic acids is 2. The number of carbonyl (C=O) groups is 2. The molecule has 2 atom stereocenters. The van der Waals surface area contributed by atoms with Gasteiger partial charge in [0.25, 0.3) is 0 Å². The van der Waals surface area contributed by atoms with E-state index in [1.54, 1.807) is 6.20 Å². The Kier molecular flexibility index (Phi) is 5.48. The summed E-state index contributed by atoms with van der Waals surface area (Å²) < 4.78 is 5.38. The Balaban J connectivity index is 1.91. The molecular formula is C20H26N4O3. The number of ether oxygens (including phenoxy) is 1. The van der Waals surface area contributed by atoms with Crippen molar-refractivity contribution in [1.82, 2.24) is 14.9 Å². The number of pyridine rings is 1. The van der Waals surface area contributed by atoms with Crippen LogP contribution in [0.2, 0.25) is 0 Å². The summed E-state index contributed by atoms with van der Waals surface area (Å²) in [5.74, 6) is -0.485. The second-order valence-corrected chi connectivity index (χ2v) is 7.20. The Bertz CT molecular complexity index is 858. The minimum atomic E-state index is -0.411. The predicted octanol–water partition coefficient (Wildman–Crippen LogP) is 3.11. The molecule has 1 fully saturated rings. The number of anilines is 1. The number of nitrogens with zero attached hydrogens (tertiary/aromatic N) is 2. The number of aromatic nitrogens is 2. The van der Waals surface area contributed by atoms with Gasteiger partial charge >= 0.3 is 5.97 Å². The van der Waals surface area contributed by atoms with E-state index in [4.69, 9.17) is 4.74 Å². The van der Waals surface area contributed by atoms with Gasteiger partial charge in [-0.3, -0.25) is 4.79 Å². The van der Waals surface area contributed by atoms with Gasteiger partial charge in [-0.25, -0.2) is 9.78 Å². The van der Waals surface area contributed by atoms with E-state index in [1.165, 1.54) is 12.3 Å². The SMILES string of the molecule is C=CC(=O)N1C[C@H](Nc2c(C(=O)OC(C)C)cnc3[nH]ccc23)CC[C@@H]1C. The van der Waals surface area contributed by atoms with Crippen molar-refractivity contribution in [2.45, 2.75) is 51.8 Å². The van der Waals surface area contributed by atoms with Gasteiger partial charge in [0.1, 0.15) is 11.2 Å². The van der Waals surface area contributed by atoms with Gasteiger partial charge in [-0.05, 0) is 45.8 Å². The fourth-order valence-electron chi connectivity index (χ4n) is 3.45. The van der Waals surface area contributed by atoms with Crippen LogP contribution in [-0.2, 0) is 9.53 Å². The van der Waals surface area contributed by atoms with E-state index in [0.29, 0.717) is 23.4 Å². The van der Waals surface area contributed by atoms with Gasteiger partial charge in [0.15, 0.2) is 0 Å². The number of amides is 1. The smallest absolute Gasteiger partial charge is 0.342 e. The van der Waals surface area contributed by atoms with E-state index >= 15 is 0 Å². The Labute approximate surface area is 158 Å². The van der Waals surface area contributed by atoms with Crippen LogP contribution in [0.3, 0.4) is 0 Å². The summed E-state index contributed by atoms with van der Waals surface area (Å²) in [4.78, 5) is 33.9. The van der Waals surface area contributed by atoms with E-state index in [-0.39, 0.29) is 24.1 Å². The summed E-state index contributed by atoms with van der Waals surface area (Å²) in [7, 11) is 0. The maximum absolute atomic E-state index is 12.6. The van der Waals surface area contributed by atoms with Gasteiger partial charge in [0.05, 0.1) is 11.8 Å². The van der Waals surface area contributed by atoms with Crippen molar-refractivity contribution in [1.29, 1.82) is 0 Å². The highest BCUT2D eigenvalue weighted by molar-refractivity contribution is 6.04. The van der Waals surface area contributed by atoms with Gasteiger partial charge in [-0.1, -0.05) is 6.58 Å². The van der Waals surface area contributed by atoms with Crippen LogP contribution in [0.4, 0.5) is 5.69 Å². The minimum absolute atomic E-state index is 0.0243. The maximum atomic E-state index is 12.6. The molecule has 0 aromatic carbocycles. The number of hydrogen-bond acceptors (Lipinski definition) is 5. The molecule has 1 saturated heterocycles. The van der Waals surface area contributed by atoms with Gasteiger partial charge < -0.3 is 19.9 Å². The highest BCUT2D eigenvalue weighted by Crippen LogP contribution is 2.29. The molecule has 3 heterocycles. The molecule has 0 radical (unpaired) electrons. The van der Waals surface area contributed by atoms with E-state index < -0.39 is 5.97 Å². The highest BCUT2D eigenvalue weighted by Gasteiger charge is 2.29. The van der Waals surface area contributed by atoms with Crippen LogP contribution in [0, 0.1) is 0 Å². The molecule has 0 unspecified atom stereocenters. The summed E-state index contributed by atoms with van der Waals surface area (Å²) in [6.07, 6.45) is 6.23. The van der Waals surface area contributed by atoms with Crippen LogP contribution in [0.25, 0.3) is 11.0 Å². The molecule has 0 bridgehead atoms. The molecule has 0 aliphatic carbocycles. The molecule has 1 aliphatic rings. The van der Waals surface area contributed by atoms with Crippen molar-refractivity contribution in [3.8, 4) is 0 Å². The third kappa shape index (κ3) is 3.97. The molecule has 0 saturated carbocycles. The quantitative estimate of drug-likeness (QED) is 0.624. The molecule has 7 heteroatoms. The highest BCUT2D eigenvalue weighted by atomic mass is 16.5. The number of likely N-dealkylation sites (tertiary alicyclic amines) is 1. The Morgan fingerprint density at radius 2 is 2.22 bits per heavy atom. The second-order valence-electron chi connectivity index (χ2n) is 7.20. The van der Waals surface area contributed by atoms with E-state index in [9.17, 15) is 9.59 Å². The topological polar surface area (TPSA) is 87.3 Å². The Hall–Kier alpha value is -2.83. The maximum Gasteiger partial charge on any atom is 0.342 e. The monoisotopic (exact) mass is 370 g/mol. The summed E-state index contributed by atoms with van der Waals surface area (Å²) in [5.41, 5.74) is 1.79. The van der Waals surface area contributed by atoms with Gasteiger partial charge in [0.2, 0.25) is 5.91 Å². The fraction of sp³-hybridized carbons (Fsp3) is 0.450. The normalized spacial score (nSPS) is 19.9. The summed E-state index contributed by atoms with van der Waals surface area (Å²) >= 11 is 0. The average molecular weight is 370 g/mol. The number of fused-ring (bicyclic) bond motifs is 1. The van der Waals surface area contributed by atoms with Crippen LogP contribution in [0.1, 0.15) is 44.0 Å². The molecule has 3 rings (SSSR count). The van der Waals surface area contributed by atoms with Crippen LogP contribution in [-0.4, -0.2) is 51.5 Å². The Morgan fingerprint density at radius 3 is 2.93 bits per heavy atom. The lowest BCUT2D eigenvalue weighted by atomic mass is 9.98. The number of rotatable bonds is 5. The van der Waals surface area contributed by atoms with Crippen LogP contribution < -0.4 is 5.32 Å². The van der Waals surface area contributed by atoms with E-state index in [0.717, 1.165) is 18.2 Å². The van der Waals surface area contributed by atoms with Crippen molar-refractivity contribution < 1.29 is 14.3 Å². The lowest BCUT2D eigenvalue weighted by Gasteiger charge is -2.38. The first-order valence-corrected chi connectivity index (χ1v) is 9.27. The third-order valence-corrected chi connectivity index (χ3v) is 4.84. The van der Waals surface area contributed by atoms with E-state index in [2.05, 4.69) is 21.9 Å². The van der Waals surface area contributed by atoms with Crippen LogP contribution in [0.15, 0.2) is 31.1 Å². The van der Waals surface area contributed by atoms with Gasteiger partial charge in [0, 0.05) is 36.4 Å². The molecule has 1 amide bonds. The van der Waals surface area contributed by atoms with Crippen molar-refractivity contribution in [2.75, 3.05) is 11.9 Å². The predicted molar refractivity (Wildman–Crippen MR) is 105 cm³/mol. The molecule has 27 heavy (non-hydrogen) atoms. The Morgan fingerprint density at radius 1 is 1.44 bits per heavy atom. The molecule has 2 aromatic rings. The minimum Gasteiger partial charge on any atom is -0.459 e. The summed E-state index contributed by atoms with van der Waals surface area (Å²) in [6, 6.07) is 2.08. The van der Waals surface area contributed by atoms with Gasteiger partial charge in [-0.2, -0.15) is 0 Å². The van der Waals surface area contributed by atoms with Crippen LogP contribution >= 0.6 is 0 Å². The van der Waals surface area contributed by atoms with E-state index in [1.807, 2.05) is 31.7 Å². The molecular weight excluding hydrogens is 344 g/mol. The average Bonchev–Trinajstić information content (AvgIpc) is 3.11. The largest absolute Gasteiger partial charge is 0.459 e. The zero-order chi connectivity index (χ0) is 19.6. The summed E-state index contributed by atoms with van der Waals surface area (Å²) in [5, 5.41) is 4.30. The first-order valence-electron chi connectivity index (χ1n) is 9.27. The first kappa shape index (κ1) is 18.9. The number of hydrogen-bond donors (Lipinski definition) is 2. The zero-order valence-electron chi connectivity index (χ0n) is 16.0.